The van der Waals surface area contributed by atoms with Gasteiger partial charge in [0.05, 0.1) is 6.20 Å². The van der Waals surface area contributed by atoms with Crippen LogP contribution >= 0.6 is 11.8 Å². The van der Waals surface area contributed by atoms with Crippen molar-refractivity contribution in [2.24, 2.45) is 0 Å². The molecule has 0 fully saturated rings. The molecule has 0 radical (unpaired) electrons. The van der Waals surface area contributed by atoms with Gasteiger partial charge in [0, 0.05) is 24.2 Å². The van der Waals surface area contributed by atoms with Crippen molar-refractivity contribution in [1.82, 2.24) is 19.3 Å². The van der Waals surface area contributed by atoms with Gasteiger partial charge in [0.25, 0.3) is 0 Å². The molecule has 0 atom stereocenters. The number of hydrogen-bond donors (Lipinski definition) is 0. The van der Waals surface area contributed by atoms with Crippen LogP contribution < -0.4 is 0 Å². The van der Waals surface area contributed by atoms with Gasteiger partial charge in [0.2, 0.25) is 5.82 Å². The number of fused-ring (bicyclic) bond motifs is 1. The number of hydrogen-bond acceptors (Lipinski definition) is 3. The summed E-state index contributed by atoms with van der Waals surface area (Å²) in [5, 5.41) is 7.36. The summed E-state index contributed by atoms with van der Waals surface area (Å²) < 4.78 is 1.41. The molecule has 0 saturated heterocycles. The summed E-state index contributed by atoms with van der Waals surface area (Å²) in [4.78, 5) is 3.92. The fourth-order valence-corrected chi connectivity index (χ4v) is 0.902. The zero-order valence-corrected chi connectivity index (χ0v) is 5.65. The summed E-state index contributed by atoms with van der Waals surface area (Å²) in [6, 6.07) is 0. The van der Waals surface area contributed by atoms with Crippen molar-refractivity contribution in [3.63, 3.8) is 0 Å². The third-order valence-electron chi connectivity index (χ3n) is 1.19. The summed E-state index contributed by atoms with van der Waals surface area (Å²) >= 11 is 5.70. The van der Waals surface area contributed by atoms with Crippen molar-refractivity contribution in [3.8, 4) is 11.5 Å². The highest BCUT2D eigenvalue weighted by molar-refractivity contribution is 6.16. The first-order chi connectivity index (χ1) is 4.88. The maximum atomic E-state index is 5.70. The number of nitrogens with zero attached hydrogens (tertiary/aromatic N) is 4. The molecular formula is C5H3ClN4. The minimum atomic E-state index is 0.567. The Balaban J connectivity index is 2.80. The van der Waals surface area contributed by atoms with E-state index in [-0.39, 0.29) is 0 Å². The van der Waals surface area contributed by atoms with Crippen molar-refractivity contribution in [1.29, 1.82) is 0 Å². The number of rotatable bonds is 0. The van der Waals surface area contributed by atoms with Gasteiger partial charge in [-0.2, -0.15) is 5.10 Å². The summed E-state index contributed by atoms with van der Waals surface area (Å²) in [6.07, 6.45) is 4.77. The Labute approximate surface area is 61.9 Å². The van der Waals surface area contributed by atoms with Crippen molar-refractivity contribution in [3.05, 3.63) is 18.6 Å². The lowest BCUT2D eigenvalue weighted by atomic mass is 10.4. The van der Waals surface area contributed by atoms with Gasteiger partial charge in [-0.3, -0.25) is 4.09 Å². The molecule has 50 valence electrons. The van der Waals surface area contributed by atoms with Gasteiger partial charge in [-0.05, 0) is 0 Å². The summed E-state index contributed by atoms with van der Waals surface area (Å²) in [6.45, 7) is 0. The van der Waals surface area contributed by atoms with E-state index in [4.69, 9.17) is 11.8 Å². The molecule has 2 rings (SSSR count). The first kappa shape index (κ1) is 5.61. The van der Waals surface area contributed by atoms with Gasteiger partial charge >= 0.3 is 0 Å². The molecule has 0 saturated carbocycles. The van der Waals surface area contributed by atoms with Crippen molar-refractivity contribution < 1.29 is 0 Å². The molecule has 0 spiro atoms. The van der Waals surface area contributed by atoms with Crippen molar-refractivity contribution >= 4 is 11.8 Å². The molecule has 0 amide bonds. The zero-order chi connectivity index (χ0) is 6.97. The quantitative estimate of drug-likeness (QED) is 0.563. The molecule has 0 aromatic carbocycles. The summed E-state index contributed by atoms with van der Waals surface area (Å²) in [5.74, 6) is 0.567. The van der Waals surface area contributed by atoms with Crippen LogP contribution in [0.1, 0.15) is 0 Å². The third kappa shape index (κ3) is 0.657. The largest absolute Gasteiger partial charge is 0.254 e. The Bertz CT molecular complexity index is 318. The summed E-state index contributed by atoms with van der Waals surface area (Å²) in [7, 11) is 0. The molecule has 0 bridgehead atoms. The molecule has 2 aliphatic rings. The Hall–Kier alpha value is -1.16. The Morgan fingerprint density at radius 1 is 1.50 bits per heavy atom. The van der Waals surface area contributed by atoms with Crippen LogP contribution in [0, 0.1) is 0 Å². The predicted molar refractivity (Wildman–Crippen MR) is 35.7 cm³/mol. The van der Waals surface area contributed by atoms with Crippen LogP contribution in [0.15, 0.2) is 18.6 Å². The average Bonchev–Trinajstić information content (AvgIpc) is 2.36. The maximum absolute atomic E-state index is 5.70. The molecule has 4 nitrogen and oxygen atoms in total. The van der Waals surface area contributed by atoms with E-state index in [1.54, 1.807) is 18.6 Å². The highest BCUT2D eigenvalue weighted by Gasteiger charge is 2.07. The lowest BCUT2D eigenvalue weighted by Gasteiger charge is -1.97. The molecule has 0 aromatic rings. The van der Waals surface area contributed by atoms with E-state index in [2.05, 4.69) is 15.2 Å². The molecule has 0 aromatic heterocycles. The first-order valence-electron chi connectivity index (χ1n) is 2.69. The van der Waals surface area contributed by atoms with E-state index < -0.39 is 0 Å². The second-order valence-electron chi connectivity index (χ2n) is 1.79. The van der Waals surface area contributed by atoms with Gasteiger partial charge in [-0.15, -0.1) is 5.10 Å². The van der Waals surface area contributed by atoms with E-state index in [0.29, 0.717) is 5.82 Å². The molecule has 5 heteroatoms. The van der Waals surface area contributed by atoms with E-state index in [0.717, 1.165) is 5.69 Å². The normalized spacial score (nSPS) is 10.5. The van der Waals surface area contributed by atoms with E-state index in [1.165, 1.54) is 4.09 Å². The monoisotopic (exact) mass is 154 g/mol. The Morgan fingerprint density at radius 2 is 2.40 bits per heavy atom. The minimum absolute atomic E-state index is 0.567. The molecular weight excluding hydrogens is 152 g/mol. The van der Waals surface area contributed by atoms with Crippen molar-refractivity contribution in [2.75, 3.05) is 0 Å². The predicted octanol–water partition coefficient (Wildman–Crippen LogP) is 0.780. The third-order valence-corrected chi connectivity index (χ3v) is 1.48. The fraction of sp³-hybridized carbons (Fsp3) is 0. The average molecular weight is 155 g/mol. The SMILES string of the molecule is Cln1ccnc2nncc1-2. The molecule has 0 unspecified atom stereocenters. The summed E-state index contributed by atoms with van der Waals surface area (Å²) in [5.41, 5.74) is 0.726. The lowest BCUT2D eigenvalue weighted by Crippen LogP contribution is -1.91. The minimum Gasteiger partial charge on any atom is -0.254 e. The van der Waals surface area contributed by atoms with Gasteiger partial charge in [0.15, 0.2) is 0 Å². The second-order valence-corrected chi connectivity index (χ2v) is 2.16. The van der Waals surface area contributed by atoms with E-state index >= 15 is 0 Å². The topological polar surface area (TPSA) is 43.6 Å². The molecule has 0 aliphatic carbocycles. The van der Waals surface area contributed by atoms with Crippen LogP contribution in [0.3, 0.4) is 0 Å². The van der Waals surface area contributed by atoms with Gasteiger partial charge in [0.1, 0.15) is 5.69 Å². The van der Waals surface area contributed by atoms with Crippen LogP contribution in [-0.2, 0) is 0 Å². The highest BCUT2D eigenvalue weighted by Crippen LogP contribution is 2.14. The second kappa shape index (κ2) is 1.91. The highest BCUT2D eigenvalue weighted by atomic mass is 35.5. The van der Waals surface area contributed by atoms with E-state index in [1.807, 2.05) is 0 Å². The lowest BCUT2D eigenvalue weighted by molar-refractivity contribution is 1.05. The van der Waals surface area contributed by atoms with Crippen LogP contribution in [0.25, 0.3) is 11.5 Å². The smallest absolute Gasteiger partial charge is 0.201 e. The van der Waals surface area contributed by atoms with Gasteiger partial charge < -0.3 is 0 Å². The van der Waals surface area contributed by atoms with Gasteiger partial charge in [-0.25, -0.2) is 4.98 Å². The molecule has 2 heterocycles. The Kier molecular flexibility index (Phi) is 1.07. The number of aromatic nitrogens is 4. The molecule has 0 N–H and O–H groups in total. The fourth-order valence-electron chi connectivity index (χ4n) is 0.733. The zero-order valence-electron chi connectivity index (χ0n) is 4.90. The molecule has 10 heavy (non-hydrogen) atoms. The maximum Gasteiger partial charge on any atom is 0.201 e. The van der Waals surface area contributed by atoms with Gasteiger partial charge in [-0.1, -0.05) is 0 Å². The number of halogens is 1. The Morgan fingerprint density at radius 3 is 3.20 bits per heavy atom. The first-order valence-corrected chi connectivity index (χ1v) is 3.02. The van der Waals surface area contributed by atoms with Crippen molar-refractivity contribution in [2.45, 2.75) is 0 Å². The van der Waals surface area contributed by atoms with Crippen LogP contribution in [0.2, 0.25) is 0 Å². The van der Waals surface area contributed by atoms with E-state index in [9.17, 15) is 0 Å². The standard InChI is InChI=1S/C5H3ClN4/c6-10-2-1-7-5-4(10)3-8-9-5/h1-3H. The van der Waals surface area contributed by atoms with Crippen LogP contribution in [-0.4, -0.2) is 19.3 Å². The van der Waals surface area contributed by atoms with Crippen LogP contribution in [0.5, 0.6) is 0 Å². The molecule has 2 aliphatic heterocycles. The van der Waals surface area contributed by atoms with Crippen LogP contribution in [0.4, 0.5) is 0 Å².